The van der Waals surface area contributed by atoms with E-state index in [0.717, 1.165) is 25.7 Å². The Morgan fingerprint density at radius 2 is 2.11 bits per heavy atom. The van der Waals surface area contributed by atoms with E-state index in [1.165, 1.54) is 18.5 Å². The third-order valence-corrected chi connectivity index (χ3v) is 4.47. The first-order chi connectivity index (χ1) is 9.13. The van der Waals surface area contributed by atoms with Gasteiger partial charge in [-0.1, -0.05) is 12.8 Å². The van der Waals surface area contributed by atoms with Crippen molar-refractivity contribution in [2.45, 2.75) is 43.7 Å². The number of amides is 1. The van der Waals surface area contributed by atoms with Crippen molar-refractivity contribution >= 4 is 5.91 Å². The van der Waals surface area contributed by atoms with Crippen molar-refractivity contribution in [1.82, 2.24) is 9.88 Å². The van der Waals surface area contributed by atoms with Gasteiger partial charge in [0.1, 0.15) is 5.75 Å². The molecule has 1 saturated heterocycles. The molecular weight excluding hydrogens is 244 g/mol. The molecule has 19 heavy (non-hydrogen) atoms. The number of aliphatic hydroxyl groups is 1. The minimum atomic E-state index is -0.427. The first-order valence-electron chi connectivity index (χ1n) is 6.77. The van der Waals surface area contributed by atoms with Gasteiger partial charge < -0.3 is 15.1 Å². The van der Waals surface area contributed by atoms with Crippen LogP contribution in [0.5, 0.6) is 5.75 Å². The largest absolute Gasteiger partial charge is 0.506 e. The molecule has 2 N–H and O–H groups in total. The first-order valence-corrected chi connectivity index (χ1v) is 6.77. The predicted molar refractivity (Wildman–Crippen MR) is 68.8 cm³/mol. The van der Waals surface area contributed by atoms with E-state index in [0.29, 0.717) is 18.5 Å². The zero-order chi connectivity index (χ0) is 13.5. The lowest BCUT2D eigenvalue weighted by Crippen LogP contribution is -2.50. The lowest BCUT2D eigenvalue weighted by molar-refractivity contribution is 0.0260. The Hall–Kier alpha value is -1.62. The van der Waals surface area contributed by atoms with Crippen molar-refractivity contribution in [2.24, 2.45) is 0 Å². The van der Waals surface area contributed by atoms with Gasteiger partial charge in [0.15, 0.2) is 0 Å². The number of nitrogens with zero attached hydrogens (tertiary/aromatic N) is 2. The Bertz CT molecular complexity index is 497. The lowest BCUT2D eigenvalue weighted by Gasteiger charge is -2.37. The molecule has 5 heteroatoms. The number of rotatable bonds is 1. The van der Waals surface area contributed by atoms with Gasteiger partial charge in [0.25, 0.3) is 5.91 Å². The van der Waals surface area contributed by atoms with Gasteiger partial charge >= 0.3 is 0 Å². The Morgan fingerprint density at radius 1 is 1.37 bits per heavy atom. The zero-order valence-electron chi connectivity index (χ0n) is 10.7. The highest BCUT2D eigenvalue weighted by atomic mass is 16.3. The minimum Gasteiger partial charge on any atom is -0.506 e. The molecule has 2 fully saturated rings. The van der Waals surface area contributed by atoms with Gasteiger partial charge in [-0.05, 0) is 25.3 Å². The highest BCUT2D eigenvalue weighted by molar-refractivity contribution is 5.95. The van der Waals surface area contributed by atoms with Crippen LogP contribution in [0.25, 0.3) is 0 Å². The average Bonchev–Trinajstić information content (AvgIpc) is 3.00. The number of hydrogen-bond donors (Lipinski definition) is 2. The van der Waals surface area contributed by atoms with Crippen molar-refractivity contribution in [3.8, 4) is 5.75 Å². The highest BCUT2D eigenvalue weighted by Gasteiger charge is 2.51. The number of carbonyl (C=O) groups excluding carboxylic acids is 1. The van der Waals surface area contributed by atoms with Gasteiger partial charge in [-0.3, -0.25) is 9.78 Å². The number of carbonyl (C=O) groups is 1. The summed E-state index contributed by atoms with van der Waals surface area (Å²) in [4.78, 5) is 18.2. The normalized spacial score (nSPS) is 25.1. The zero-order valence-corrected chi connectivity index (χ0v) is 10.7. The van der Waals surface area contributed by atoms with Crippen molar-refractivity contribution in [3.05, 3.63) is 24.0 Å². The monoisotopic (exact) mass is 262 g/mol. The molecule has 1 spiro atoms. The molecular formula is C14H18N2O3. The molecule has 1 aliphatic carbocycles. The standard InChI is InChI=1S/C14H18N2O3/c17-11-7-10(8-15-9-11)13(19)16-6-3-12(18)14(16)4-1-2-5-14/h7-9,12,17-18H,1-6H2. The number of aromatic hydroxyl groups is 1. The molecule has 1 unspecified atom stereocenters. The second kappa shape index (κ2) is 4.49. The lowest BCUT2D eigenvalue weighted by atomic mass is 9.91. The predicted octanol–water partition coefficient (Wildman–Crippen LogP) is 1.31. The quantitative estimate of drug-likeness (QED) is 0.800. The van der Waals surface area contributed by atoms with Gasteiger partial charge in [-0.15, -0.1) is 0 Å². The van der Waals surface area contributed by atoms with Crippen LogP contribution >= 0.6 is 0 Å². The van der Waals surface area contributed by atoms with E-state index in [1.54, 1.807) is 4.90 Å². The molecule has 0 radical (unpaired) electrons. The summed E-state index contributed by atoms with van der Waals surface area (Å²) >= 11 is 0. The molecule has 1 saturated carbocycles. The van der Waals surface area contributed by atoms with Crippen molar-refractivity contribution in [3.63, 3.8) is 0 Å². The van der Waals surface area contributed by atoms with Gasteiger partial charge in [0.05, 0.1) is 23.4 Å². The molecule has 0 bridgehead atoms. The fraction of sp³-hybridized carbons (Fsp3) is 0.571. The molecule has 1 aromatic rings. The van der Waals surface area contributed by atoms with Crippen LogP contribution in [0.2, 0.25) is 0 Å². The number of aromatic nitrogens is 1. The second-order valence-electron chi connectivity index (χ2n) is 5.50. The molecule has 102 valence electrons. The van der Waals surface area contributed by atoms with Crippen molar-refractivity contribution < 1.29 is 15.0 Å². The molecule has 3 rings (SSSR count). The molecule has 2 heterocycles. The van der Waals surface area contributed by atoms with E-state index in [2.05, 4.69) is 4.98 Å². The summed E-state index contributed by atoms with van der Waals surface area (Å²) in [5, 5.41) is 19.7. The fourth-order valence-corrected chi connectivity index (χ4v) is 3.52. The van der Waals surface area contributed by atoms with Crippen LogP contribution in [0.3, 0.4) is 0 Å². The molecule has 2 aliphatic rings. The van der Waals surface area contributed by atoms with Crippen LogP contribution < -0.4 is 0 Å². The Labute approximate surface area is 111 Å². The van der Waals surface area contributed by atoms with Crippen LogP contribution in [0, 0.1) is 0 Å². The van der Waals surface area contributed by atoms with E-state index in [9.17, 15) is 15.0 Å². The van der Waals surface area contributed by atoms with Crippen LogP contribution in [-0.2, 0) is 0 Å². The van der Waals surface area contributed by atoms with E-state index in [4.69, 9.17) is 0 Å². The van der Waals surface area contributed by atoms with Crippen LogP contribution in [0.1, 0.15) is 42.5 Å². The fourth-order valence-electron chi connectivity index (χ4n) is 3.52. The number of likely N-dealkylation sites (tertiary alicyclic amines) is 1. The van der Waals surface area contributed by atoms with Crippen molar-refractivity contribution in [2.75, 3.05) is 6.54 Å². The van der Waals surface area contributed by atoms with E-state index in [1.807, 2.05) is 0 Å². The number of hydrogen-bond acceptors (Lipinski definition) is 4. The van der Waals surface area contributed by atoms with Crippen LogP contribution in [0.4, 0.5) is 0 Å². The summed E-state index contributed by atoms with van der Waals surface area (Å²) < 4.78 is 0. The van der Waals surface area contributed by atoms with Crippen LogP contribution in [-0.4, -0.2) is 44.2 Å². The average molecular weight is 262 g/mol. The Balaban J connectivity index is 1.91. The summed E-state index contributed by atoms with van der Waals surface area (Å²) in [5.74, 6) is -0.145. The van der Waals surface area contributed by atoms with Crippen molar-refractivity contribution in [1.29, 1.82) is 0 Å². The maximum absolute atomic E-state index is 12.6. The molecule has 0 aromatic carbocycles. The number of pyridine rings is 1. The Morgan fingerprint density at radius 3 is 2.79 bits per heavy atom. The summed E-state index contributed by atoms with van der Waals surface area (Å²) in [7, 11) is 0. The highest BCUT2D eigenvalue weighted by Crippen LogP contribution is 2.43. The summed E-state index contributed by atoms with van der Waals surface area (Å²) in [5.41, 5.74) is 0.00287. The third-order valence-electron chi connectivity index (χ3n) is 4.47. The van der Waals surface area contributed by atoms with E-state index >= 15 is 0 Å². The smallest absolute Gasteiger partial charge is 0.256 e. The third kappa shape index (κ3) is 1.89. The molecule has 1 atom stereocenters. The minimum absolute atomic E-state index is 0.00827. The topological polar surface area (TPSA) is 73.7 Å². The summed E-state index contributed by atoms with van der Waals surface area (Å²) in [6, 6.07) is 1.43. The van der Waals surface area contributed by atoms with Gasteiger partial charge in [-0.2, -0.15) is 0 Å². The Kier molecular flexibility index (Phi) is 2.93. The maximum atomic E-state index is 12.6. The SMILES string of the molecule is O=C(c1cncc(O)c1)N1CCC(O)C12CCCC2. The van der Waals surface area contributed by atoms with Gasteiger partial charge in [-0.25, -0.2) is 0 Å². The molecule has 1 aromatic heterocycles. The number of aliphatic hydroxyl groups excluding tert-OH is 1. The van der Waals surface area contributed by atoms with Gasteiger partial charge in [0, 0.05) is 12.7 Å². The molecule has 1 aliphatic heterocycles. The summed E-state index contributed by atoms with van der Waals surface area (Å²) in [6.07, 6.45) is 6.83. The molecule has 5 nitrogen and oxygen atoms in total. The van der Waals surface area contributed by atoms with E-state index < -0.39 is 6.10 Å². The second-order valence-corrected chi connectivity index (χ2v) is 5.50. The maximum Gasteiger partial charge on any atom is 0.256 e. The molecule has 1 amide bonds. The van der Waals surface area contributed by atoms with Crippen LogP contribution in [0.15, 0.2) is 18.5 Å². The first kappa shape index (κ1) is 12.4. The van der Waals surface area contributed by atoms with Gasteiger partial charge in [0.2, 0.25) is 0 Å². The summed E-state index contributed by atoms with van der Waals surface area (Å²) in [6.45, 7) is 0.579. The van der Waals surface area contributed by atoms with E-state index in [-0.39, 0.29) is 17.2 Å².